The number of carbonyl (C=O) groups excluding carboxylic acids is 4. The van der Waals surface area contributed by atoms with Crippen molar-refractivity contribution in [2.24, 2.45) is 17.4 Å². The molecule has 0 aromatic heterocycles. The number of aliphatic carboxylic acids is 1. The number of amides is 4. The molecule has 11 nitrogen and oxygen atoms in total. The number of carboxylic acids is 1. The Kier molecular flexibility index (Phi) is 14.8. The monoisotopic (exact) mass is 493 g/mol. The van der Waals surface area contributed by atoms with Crippen LogP contribution in [0.1, 0.15) is 39.5 Å². The number of primary amides is 1. The van der Waals surface area contributed by atoms with Crippen molar-refractivity contribution < 1.29 is 29.1 Å². The first-order valence-electron chi connectivity index (χ1n) is 10.2. The number of carbonyl (C=O) groups is 5. The van der Waals surface area contributed by atoms with E-state index in [1.54, 1.807) is 0 Å². The Morgan fingerprint density at radius 2 is 1.47 bits per heavy atom. The average molecular weight is 494 g/mol. The molecule has 0 aliphatic heterocycles. The maximum atomic E-state index is 12.7. The van der Waals surface area contributed by atoms with Crippen molar-refractivity contribution in [3.8, 4) is 0 Å². The van der Waals surface area contributed by atoms with Crippen molar-refractivity contribution in [3.63, 3.8) is 0 Å². The summed E-state index contributed by atoms with van der Waals surface area (Å²) in [7, 11) is 0. The molecule has 0 aromatic rings. The van der Waals surface area contributed by atoms with Gasteiger partial charge in [0.15, 0.2) is 0 Å². The minimum atomic E-state index is -1.16. The summed E-state index contributed by atoms with van der Waals surface area (Å²) in [5, 5.41) is 16.8. The van der Waals surface area contributed by atoms with E-state index in [-0.39, 0.29) is 37.4 Å². The van der Waals surface area contributed by atoms with E-state index >= 15 is 0 Å². The van der Waals surface area contributed by atoms with Crippen molar-refractivity contribution >= 4 is 54.0 Å². The largest absolute Gasteiger partial charge is 0.480 e. The predicted octanol–water partition coefficient (Wildman–Crippen LogP) is -1.15. The van der Waals surface area contributed by atoms with Crippen LogP contribution >= 0.6 is 24.4 Å². The normalized spacial score (nSPS) is 14.7. The summed E-state index contributed by atoms with van der Waals surface area (Å²) >= 11 is 5.53. The Hall–Kier alpha value is -1.99. The smallest absolute Gasteiger partial charge is 0.326 e. The number of nitrogens with one attached hydrogen (secondary N) is 3. The molecule has 32 heavy (non-hydrogen) atoms. The lowest BCUT2D eigenvalue weighted by Crippen LogP contribution is -2.57. The summed E-state index contributed by atoms with van der Waals surface area (Å²) in [6.07, 6.45) is 2.28. The van der Waals surface area contributed by atoms with Gasteiger partial charge in [-0.15, -0.1) is 0 Å². The van der Waals surface area contributed by atoms with E-state index in [1.165, 1.54) is 11.8 Å². The highest BCUT2D eigenvalue weighted by Gasteiger charge is 2.30. The van der Waals surface area contributed by atoms with Crippen LogP contribution in [0.5, 0.6) is 0 Å². The van der Waals surface area contributed by atoms with Gasteiger partial charge in [-0.05, 0) is 37.2 Å². The molecule has 0 heterocycles. The van der Waals surface area contributed by atoms with Gasteiger partial charge < -0.3 is 32.5 Å². The lowest BCUT2D eigenvalue weighted by atomic mass is 10.0. The number of hydrogen-bond acceptors (Lipinski definition) is 8. The fraction of sp³-hybridized carbons (Fsp3) is 0.737. The van der Waals surface area contributed by atoms with Crippen LogP contribution in [0.2, 0.25) is 0 Å². The van der Waals surface area contributed by atoms with Crippen LogP contribution in [0.3, 0.4) is 0 Å². The summed E-state index contributed by atoms with van der Waals surface area (Å²) in [4.78, 5) is 59.9. The summed E-state index contributed by atoms with van der Waals surface area (Å²) < 4.78 is 0. The molecule has 8 N–H and O–H groups in total. The van der Waals surface area contributed by atoms with Crippen LogP contribution in [0, 0.1) is 5.92 Å². The van der Waals surface area contributed by atoms with Gasteiger partial charge >= 0.3 is 5.97 Å². The molecule has 0 spiro atoms. The second kappa shape index (κ2) is 15.8. The molecule has 0 saturated carbocycles. The average Bonchev–Trinajstić information content (AvgIpc) is 2.71. The van der Waals surface area contributed by atoms with Gasteiger partial charge in [-0.25, -0.2) is 4.79 Å². The fourth-order valence-corrected chi connectivity index (χ4v) is 3.37. The number of thioether (sulfide) groups is 1. The van der Waals surface area contributed by atoms with Crippen LogP contribution in [0.4, 0.5) is 0 Å². The van der Waals surface area contributed by atoms with Gasteiger partial charge in [0, 0.05) is 12.2 Å². The Balaban J connectivity index is 5.18. The number of rotatable bonds is 16. The maximum absolute atomic E-state index is 12.7. The van der Waals surface area contributed by atoms with Gasteiger partial charge in [0.2, 0.25) is 23.6 Å². The zero-order valence-corrected chi connectivity index (χ0v) is 20.3. The first-order chi connectivity index (χ1) is 14.9. The number of hydrogen-bond donors (Lipinski definition) is 7. The molecule has 0 aliphatic carbocycles. The van der Waals surface area contributed by atoms with E-state index < -0.39 is 53.8 Å². The van der Waals surface area contributed by atoms with Crippen LogP contribution < -0.4 is 27.4 Å². The highest BCUT2D eigenvalue weighted by atomic mass is 32.2. The Morgan fingerprint density at radius 3 is 1.94 bits per heavy atom. The standard InChI is InChI=1S/C19H35N5O6S2/c1-10(2)8-13(19(29)30)23-17(27)12(6-7-32-3)22-18(28)14(9-31)24-16(26)11(20)4-5-15(21)25/h10-14,31H,4-9,20H2,1-3H3,(H2,21,25)(H,22,28)(H,23,27)(H,24,26)(H,29,30). The fourth-order valence-electron chi connectivity index (χ4n) is 2.64. The molecule has 13 heteroatoms. The summed E-state index contributed by atoms with van der Waals surface area (Å²) in [5.74, 6) is -3.19. The van der Waals surface area contributed by atoms with Crippen LogP contribution in [-0.2, 0) is 24.0 Å². The highest BCUT2D eigenvalue weighted by Crippen LogP contribution is 2.08. The predicted molar refractivity (Wildman–Crippen MR) is 126 cm³/mol. The molecule has 184 valence electrons. The third-order valence-corrected chi connectivity index (χ3v) is 5.43. The van der Waals surface area contributed by atoms with E-state index in [9.17, 15) is 29.1 Å². The summed E-state index contributed by atoms with van der Waals surface area (Å²) in [6.45, 7) is 3.67. The van der Waals surface area contributed by atoms with Gasteiger partial charge in [-0.2, -0.15) is 24.4 Å². The third-order valence-electron chi connectivity index (χ3n) is 4.42. The molecule has 0 rings (SSSR count). The SMILES string of the molecule is CSCCC(NC(=O)C(CS)NC(=O)C(N)CCC(N)=O)C(=O)NC(CC(C)C)C(=O)O. The van der Waals surface area contributed by atoms with Gasteiger partial charge in [0.1, 0.15) is 18.1 Å². The minimum absolute atomic E-state index is 0.0211. The molecule has 0 saturated heterocycles. The molecule has 4 unspecified atom stereocenters. The van der Waals surface area contributed by atoms with Crippen molar-refractivity contribution in [2.45, 2.75) is 63.7 Å². The molecule has 0 aromatic carbocycles. The quantitative estimate of drug-likeness (QED) is 0.131. The lowest BCUT2D eigenvalue weighted by molar-refractivity contribution is -0.142. The van der Waals surface area contributed by atoms with E-state index in [0.717, 1.165) is 0 Å². The van der Waals surface area contributed by atoms with Crippen LogP contribution in [0.15, 0.2) is 0 Å². The number of nitrogens with two attached hydrogens (primary N) is 2. The van der Waals surface area contributed by atoms with Crippen LogP contribution in [0.25, 0.3) is 0 Å². The Morgan fingerprint density at radius 1 is 0.938 bits per heavy atom. The first kappa shape index (κ1) is 30.0. The van der Waals surface area contributed by atoms with Gasteiger partial charge in [0.25, 0.3) is 0 Å². The molecular weight excluding hydrogens is 458 g/mol. The van der Waals surface area contributed by atoms with E-state index in [4.69, 9.17) is 11.5 Å². The van der Waals surface area contributed by atoms with Crippen molar-refractivity contribution in [3.05, 3.63) is 0 Å². The molecule has 0 fully saturated rings. The zero-order chi connectivity index (χ0) is 24.8. The second-order valence-corrected chi connectivity index (χ2v) is 9.08. The Bertz CT molecular complexity index is 664. The van der Waals surface area contributed by atoms with Crippen LogP contribution in [-0.4, -0.2) is 76.6 Å². The zero-order valence-electron chi connectivity index (χ0n) is 18.6. The molecule has 0 bridgehead atoms. The number of carboxylic acid groups (broad SMARTS) is 1. The molecular formula is C19H35N5O6S2. The van der Waals surface area contributed by atoms with Crippen molar-refractivity contribution in [1.29, 1.82) is 0 Å². The molecule has 4 amide bonds. The maximum Gasteiger partial charge on any atom is 0.326 e. The molecule has 0 aliphatic rings. The van der Waals surface area contributed by atoms with E-state index in [1.807, 2.05) is 20.1 Å². The third kappa shape index (κ3) is 12.2. The highest BCUT2D eigenvalue weighted by molar-refractivity contribution is 7.98. The lowest BCUT2D eigenvalue weighted by Gasteiger charge is -2.25. The topological polar surface area (TPSA) is 194 Å². The van der Waals surface area contributed by atoms with Crippen molar-refractivity contribution in [1.82, 2.24) is 16.0 Å². The van der Waals surface area contributed by atoms with Gasteiger partial charge in [0.05, 0.1) is 6.04 Å². The van der Waals surface area contributed by atoms with E-state index in [0.29, 0.717) is 5.75 Å². The Labute approximate surface area is 198 Å². The second-order valence-electron chi connectivity index (χ2n) is 7.73. The van der Waals surface area contributed by atoms with Gasteiger partial charge in [-0.1, -0.05) is 13.8 Å². The van der Waals surface area contributed by atoms with Crippen molar-refractivity contribution in [2.75, 3.05) is 17.8 Å². The molecule has 4 atom stereocenters. The van der Waals surface area contributed by atoms with E-state index in [2.05, 4.69) is 28.6 Å². The minimum Gasteiger partial charge on any atom is -0.480 e. The van der Waals surface area contributed by atoms with Gasteiger partial charge in [-0.3, -0.25) is 19.2 Å². The molecule has 0 radical (unpaired) electrons. The first-order valence-corrected chi connectivity index (χ1v) is 12.2. The number of thiol groups is 1. The summed E-state index contributed by atoms with van der Waals surface area (Å²) in [6, 6.07) is -4.20. The summed E-state index contributed by atoms with van der Waals surface area (Å²) in [5.41, 5.74) is 10.7.